The summed E-state index contributed by atoms with van der Waals surface area (Å²) in [4.78, 5) is 43.3. The third-order valence-electron chi connectivity index (χ3n) is 9.34. The average Bonchev–Trinajstić information content (AvgIpc) is 3.54. The van der Waals surface area contributed by atoms with E-state index in [0.29, 0.717) is 17.7 Å². The van der Waals surface area contributed by atoms with Gasteiger partial charge in [-0.1, -0.05) is 98.6 Å². The van der Waals surface area contributed by atoms with E-state index in [2.05, 4.69) is 58.7 Å². The number of benzene rings is 4. The fraction of sp³-hybridized carbons (Fsp3) is 0.256. The zero-order valence-corrected chi connectivity index (χ0v) is 27.4. The highest BCUT2D eigenvalue weighted by Gasteiger charge is 2.47. The van der Waals surface area contributed by atoms with Gasteiger partial charge >= 0.3 is 0 Å². The van der Waals surface area contributed by atoms with Crippen molar-refractivity contribution in [1.29, 1.82) is 0 Å². The molecule has 3 unspecified atom stereocenters. The van der Waals surface area contributed by atoms with Crippen molar-refractivity contribution in [3.63, 3.8) is 0 Å². The fourth-order valence-electron chi connectivity index (χ4n) is 6.74. The third kappa shape index (κ3) is 5.87. The van der Waals surface area contributed by atoms with Gasteiger partial charge in [0.1, 0.15) is 11.8 Å². The second kappa shape index (κ2) is 13.2. The number of fused-ring (bicyclic) bond motifs is 2. The fourth-order valence-corrected chi connectivity index (χ4v) is 6.74. The molecule has 1 aromatic heterocycles. The molecule has 0 aliphatic carbocycles. The number of para-hydroxylation sites is 1. The summed E-state index contributed by atoms with van der Waals surface area (Å²) in [6.07, 6.45) is 0.718. The van der Waals surface area contributed by atoms with Crippen LogP contribution >= 0.6 is 0 Å². The van der Waals surface area contributed by atoms with Crippen LogP contribution in [0.15, 0.2) is 97.1 Å². The monoisotopic (exact) mass is 628 g/mol. The number of rotatable bonds is 9. The molecule has 47 heavy (non-hydrogen) atoms. The predicted octanol–water partition coefficient (Wildman–Crippen LogP) is 6.51. The number of hydrazine groups is 1. The first-order valence-electron chi connectivity index (χ1n) is 16.0. The Hall–Kier alpha value is -5.37. The first-order valence-corrected chi connectivity index (χ1v) is 16.0. The van der Waals surface area contributed by atoms with Crippen molar-refractivity contribution in [2.24, 2.45) is 13.0 Å². The number of amides is 3. The highest BCUT2D eigenvalue weighted by atomic mass is 16.5. The van der Waals surface area contributed by atoms with Crippen LogP contribution in [-0.4, -0.2) is 40.3 Å². The molecule has 5 aromatic rings. The number of ether oxygens (including phenoxy) is 1. The van der Waals surface area contributed by atoms with E-state index in [1.807, 2.05) is 69.4 Å². The summed E-state index contributed by atoms with van der Waals surface area (Å²) in [5, 5.41) is 1.01. The van der Waals surface area contributed by atoms with Gasteiger partial charge in [-0.05, 0) is 53.8 Å². The number of carbonyl (C=O) groups is 3. The molecule has 3 atom stereocenters. The molecule has 0 fully saturated rings. The van der Waals surface area contributed by atoms with Crippen LogP contribution in [0, 0.1) is 12.8 Å². The number of nitrogens with zero attached hydrogens (tertiary/aromatic N) is 2. The summed E-state index contributed by atoms with van der Waals surface area (Å²) in [5.41, 5.74) is 12.6. The van der Waals surface area contributed by atoms with Crippen molar-refractivity contribution in [2.45, 2.75) is 45.7 Å². The topological polar surface area (TPSA) is 92.7 Å². The van der Waals surface area contributed by atoms with E-state index in [0.717, 1.165) is 44.4 Å². The van der Waals surface area contributed by atoms with Crippen LogP contribution in [-0.2, 0) is 23.1 Å². The Bertz CT molecular complexity index is 1940. The van der Waals surface area contributed by atoms with Gasteiger partial charge in [0, 0.05) is 29.1 Å². The SMILES string of the molecule is CCC(C)C(C(=O)NNC(=O)Cc1ccc(OC)cc1)N1C(=O)c2ccccc2C1c1c(-c2ccc(C)cc2)n(C)c2ccccc12. The van der Waals surface area contributed by atoms with Crippen LogP contribution in [0.4, 0.5) is 0 Å². The lowest BCUT2D eigenvalue weighted by Gasteiger charge is -2.36. The Kier molecular flexibility index (Phi) is 8.85. The minimum absolute atomic E-state index is 0.0743. The number of hydrogen-bond donors (Lipinski definition) is 2. The van der Waals surface area contributed by atoms with Gasteiger partial charge in [0.15, 0.2) is 0 Å². The maximum atomic E-state index is 14.5. The molecule has 8 nitrogen and oxygen atoms in total. The zero-order valence-electron chi connectivity index (χ0n) is 27.4. The summed E-state index contributed by atoms with van der Waals surface area (Å²) in [6, 6.07) is 30.0. The molecule has 0 bridgehead atoms. The van der Waals surface area contributed by atoms with E-state index in [1.54, 1.807) is 24.1 Å². The van der Waals surface area contributed by atoms with E-state index >= 15 is 0 Å². The minimum Gasteiger partial charge on any atom is -0.497 e. The Morgan fingerprint density at radius 1 is 0.894 bits per heavy atom. The number of methoxy groups -OCH3 is 1. The Morgan fingerprint density at radius 2 is 1.57 bits per heavy atom. The van der Waals surface area contributed by atoms with Crippen molar-refractivity contribution >= 4 is 28.6 Å². The standard InChI is InChI=1S/C39H40N4O4/c1-6-25(3)35(38(45)41-40-33(44)23-26-17-21-28(47-5)22-18-26)43-37(29-11-7-8-12-30(29)39(43)46)34-31-13-9-10-14-32(31)42(4)36(34)27-19-15-24(2)16-20-27/h7-22,25,35,37H,6,23H2,1-5H3,(H,40,44)(H,41,45). The quantitative estimate of drug-likeness (QED) is 0.182. The van der Waals surface area contributed by atoms with Gasteiger partial charge < -0.3 is 14.2 Å². The molecule has 6 rings (SSSR count). The molecule has 1 aliphatic heterocycles. The molecule has 8 heteroatoms. The molecule has 3 amide bonds. The van der Waals surface area contributed by atoms with Crippen LogP contribution in [0.3, 0.4) is 0 Å². The first kappa shape index (κ1) is 31.6. The molecule has 0 saturated heterocycles. The normalized spacial score (nSPS) is 15.3. The highest BCUT2D eigenvalue weighted by Crippen LogP contribution is 2.48. The number of carbonyl (C=O) groups excluding carboxylic acids is 3. The van der Waals surface area contributed by atoms with Gasteiger partial charge in [0.2, 0.25) is 5.91 Å². The molecule has 4 aromatic carbocycles. The number of aryl methyl sites for hydroxylation is 2. The van der Waals surface area contributed by atoms with Gasteiger partial charge in [-0.3, -0.25) is 25.2 Å². The lowest BCUT2D eigenvalue weighted by atomic mass is 9.90. The first-order chi connectivity index (χ1) is 22.7. The van der Waals surface area contributed by atoms with E-state index < -0.39 is 18.0 Å². The van der Waals surface area contributed by atoms with Crippen LogP contribution < -0.4 is 15.6 Å². The molecule has 2 N–H and O–H groups in total. The Morgan fingerprint density at radius 3 is 2.28 bits per heavy atom. The average molecular weight is 629 g/mol. The maximum absolute atomic E-state index is 14.5. The van der Waals surface area contributed by atoms with Crippen LogP contribution in [0.5, 0.6) is 5.75 Å². The van der Waals surface area contributed by atoms with Crippen molar-refractivity contribution in [3.8, 4) is 17.0 Å². The predicted molar refractivity (Wildman–Crippen MR) is 184 cm³/mol. The third-order valence-corrected chi connectivity index (χ3v) is 9.34. The minimum atomic E-state index is -0.865. The maximum Gasteiger partial charge on any atom is 0.261 e. The van der Waals surface area contributed by atoms with Crippen molar-refractivity contribution in [1.82, 2.24) is 20.3 Å². The molecular weight excluding hydrogens is 588 g/mol. The zero-order chi connectivity index (χ0) is 33.2. The van der Waals surface area contributed by atoms with Gasteiger partial charge in [-0.2, -0.15) is 0 Å². The molecule has 0 radical (unpaired) electrons. The Balaban J connectivity index is 1.42. The summed E-state index contributed by atoms with van der Waals surface area (Å²) in [7, 11) is 3.63. The second-order valence-corrected chi connectivity index (χ2v) is 12.3. The summed E-state index contributed by atoms with van der Waals surface area (Å²) in [5.74, 6) is -0.535. The molecule has 240 valence electrons. The lowest BCUT2D eigenvalue weighted by Crippen LogP contribution is -2.56. The number of aromatic nitrogens is 1. The van der Waals surface area contributed by atoms with Crippen molar-refractivity contribution in [2.75, 3.05) is 7.11 Å². The van der Waals surface area contributed by atoms with E-state index in [4.69, 9.17) is 4.74 Å². The number of hydrogen-bond acceptors (Lipinski definition) is 4. The van der Waals surface area contributed by atoms with Gasteiger partial charge in [0.25, 0.3) is 11.8 Å². The van der Waals surface area contributed by atoms with Gasteiger partial charge in [-0.15, -0.1) is 0 Å². The summed E-state index contributed by atoms with van der Waals surface area (Å²) in [6.45, 7) is 6.04. The van der Waals surface area contributed by atoms with Gasteiger partial charge in [0.05, 0.1) is 25.3 Å². The van der Waals surface area contributed by atoms with E-state index in [9.17, 15) is 14.4 Å². The molecule has 0 saturated carbocycles. The van der Waals surface area contributed by atoms with Crippen molar-refractivity contribution < 1.29 is 19.1 Å². The van der Waals surface area contributed by atoms with Crippen LogP contribution in [0.1, 0.15) is 58.9 Å². The van der Waals surface area contributed by atoms with E-state index in [1.165, 1.54) is 0 Å². The second-order valence-electron chi connectivity index (χ2n) is 12.3. The van der Waals surface area contributed by atoms with E-state index in [-0.39, 0.29) is 24.2 Å². The largest absolute Gasteiger partial charge is 0.497 e. The molecule has 2 heterocycles. The Labute approximate surface area is 275 Å². The van der Waals surface area contributed by atoms with Crippen molar-refractivity contribution in [3.05, 3.63) is 125 Å². The van der Waals surface area contributed by atoms with Crippen LogP contribution in [0.25, 0.3) is 22.2 Å². The van der Waals surface area contributed by atoms with Gasteiger partial charge in [-0.25, -0.2) is 0 Å². The molecular formula is C39H40N4O4. The highest BCUT2D eigenvalue weighted by molar-refractivity contribution is 6.04. The summed E-state index contributed by atoms with van der Waals surface area (Å²) < 4.78 is 7.38. The summed E-state index contributed by atoms with van der Waals surface area (Å²) >= 11 is 0. The smallest absolute Gasteiger partial charge is 0.261 e. The number of nitrogens with one attached hydrogen (secondary N) is 2. The molecule has 1 aliphatic rings. The van der Waals surface area contributed by atoms with Crippen LogP contribution in [0.2, 0.25) is 0 Å². The lowest BCUT2D eigenvalue weighted by molar-refractivity contribution is -0.133. The molecule has 0 spiro atoms.